The van der Waals surface area contributed by atoms with Crippen LogP contribution in [0.15, 0.2) is 42.5 Å². The molecule has 0 N–H and O–H groups in total. The molecule has 0 atom stereocenters. The Kier molecular flexibility index (Phi) is 4.15. The van der Waals surface area contributed by atoms with Gasteiger partial charge in [0, 0.05) is 18.3 Å². The smallest absolute Gasteiger partial charge is 0.213 e. The van der Waals surface area contributed by atoms with Crippen LogP contribution in [0.2, 0.25) is 5.02 Å². The van der Waals surface area contributed by atoms with E-state index in [1.807, 2.05) is 0 Å². The first kappa shape index (κ1) is 14.2. The van der Waals surface area contributed by atoms with Crippen molar-refractivity contribution in [2.45, 2.75) is 0 Å². The summed E-state index contributed by atoms with van der Waals surface area (Å²) in [6.07, 6.45) is 0.657. The molecule has 0 heterocycles. The number of anilines is 1. The highest BCUT2D eigenvalue weighted by molar-refractivity contribution is 6.35. The van der Waals surface area contributed by atoms with E-state index < -0.39 is 11.6 Å². The average Bonchev–Trinajstić information content (AvgIpc) is 2.46. The van der Waals surface area contributed by atoms with Gasteiger partial charge in [0.05, 0.1) is 10.6 Å². The summed E-state index contributed by atoms with van der Waals surface area (Å²) in [5, 5.41) is 0.0732. The van der Waals surface area contributed by atoms with Crippen molar-refractivity contribution in [1.29, 1.82) is 0 Å². The zero-order valence-corrected chi connectivity index (χ0v) is 11.4. The molecule has 20 heavy (non-hydrogen) atoms. The summed E-state index contributed by atoms with van der Waals surface area (Å²) in [4.78, 5) is 24.2. The van der Waals surface area contributed by atoms with Crippen molar-refractivity contribution in [1.82, 2.24) is 0 Å². The lowest BCUT2D eigenvalue weighted by Gasteiger charge is -2.11. The molecule has 5 heteroatoms. The maximum Gasteiger partial charge on any atom is 0.213 e. The first-order valence-electron chi connectivity index (χ1n) is 5.81. The van der Waals surface area contributed by atoms with Gasteiger partial charge in [-0.2, -0.15) is 0 Å². The number of benzene rings is 2. The van der Waals surface area contributed by atoms with Crippen LogP contribution in [0.5, 0.6) is 0 Å². The molecule has 0 saturated carbocycles. The third-order valence-electron chi connectivity index (χ3n) is 2.88. The first-order valence-corrected chi connectivity index (χ1v) is 6.19. The minimum absolute atomic E-state index is 0.0732. The standard InChI is InChI=1S/C15H11ClFNO2/c1-18(9-19)11-7-5-10(6-8-11)15(20)14-12(16)3-2-4-13(14)17/h2-9H,1H3. The Labute approximate surface area is 120 Å². The lowest BCUT2D eigenvalue weighted by Crippen LogP contribution is -2.13. The minimum Gasteiger partial charge on any atom is -0.318 e. The normalized spacial score (nSPS) is 10.2. The lowest BCUT2D eigenvalue weighted by atomic mass is 10.0. The highest BCUT2D eigenvalue weighted by Crippen LogP contribution is 2.23. The second-order valence-corrected chi connectivity index (χ2v) is 4.60. The number of nitrogens with zero attached hydrogens (tertiary/aromatic N) is 1. The lowest BCUT2D eigenvalue weighted by molar-refractivity contribution is -0.107. The van der Waals surface area contributed by atoms with Gasteiger partial charge in [0.1, 0.15) is 5.82 Å². The fraction of sp³-hybridized carbons (Fsp3) is 0.0667. The predicted molar refractivity (Wildman–Crippen MR) is 75.8 cm³/mol. The highest BCUT2D eigenvalue weighted by Gasteiger charge is 2.17. The Bertz CT molecular complexity index is 635. The summed E-state index contributed by atoms with van der Waals surface area (Å²) in [7, 11) is 1.59. The quantitative estimate of drug-likeness (QED) is 0.640. The van der Waals surface area contributed by atoms with Crippen LogP contribution < -0.4 is 4.90 Å². The Hall–Kier alpha value is -2.20. The van der Waals surface area contributed by atoms with E-state index in [1.165, 1.54) is 35.2 Å². The van der Waals surface area contributed by atoms with E-state index in [1.54, 1.807) is 19.2 Å². The zero-order chi connectivity index (χ0) is 14.7. The molecule has 1 amide bonds. The van der Waals surface area contributed by atoms with Gasteiger partial charge in [-0.15, -0.1) is 0 Å². The summed E-state index contributed by atoms with van der Waals surface area (Å²) in [6.45, 7) is 0. The van der Waals surface area contributed by atoms with Crippen molar-refractivity contribution < 1.29 is 14.0 Å². The molecular formula is C15H11ClFNO2. The van der Waals surface area contributed by atoms with Crippen molar-refractivity contribution in [3.8, 4) is 0 Å². The fourth-order valence-corrected chi connectivity index (χ4v) is 2.02. The van der Waals surface area contributed by atoms with Crippen LogP contribution in [0, 0.1) is 5.82 Å². The molecule has 0 bridgehead atoms. The first-order chi connectivity index (χ1) is 9.54. The Morgan fingerprint density at radius 3 is 2.40 bits per heavy atom. The molecule has 2 aromatic carbocycles. The summed E-state index contributed by atoms with van der Waals surface area (Å²) < 4.78 is 13.7. The molecule has 0 saturated heterocycles. The summed E-state index contributed by atoms with van der Waals surface area (Å²) in [5.74, 6) is -1.15. The SMILES string of the molecule is CN(C=O)c1ccc(C(=O)c2c(F)cccc2Cl)cc1. The number of carbonyl (C=O) groups excluding carboxylic acids is 2. The van der Waals surface area contributed by atoms with Crippen LogP contribution in [0.4, 0.5) is 10.1 Å². The zero-order valence-electron chi connectivity index (χ0n) is 10.6. The van der Waals surface area contributed by atoms with Gasteiger partial charge in [-0.25, -0.2) is 4.39 Å². The van der Waals surface area contributed by atoms with E-state index in [2.05, 4.69) is 0 Å². The van der Waals surface area contributed by atoms with E-state index in [-0.39, 0.29) is 10.6 Å². The van der Waals surface area contributed by atoms with Crippen molar-refractivity contribution in [3.63, 3.8) is 0 Å². The molecule has 0 aliphatic carbocycles. The number of hydrogen-bond acceptors (Lipinski definition) is 2. The molecular weight excluding hydrogens is 281 g/mol. The number of carbonyl (C=O) groups is 2. The van der Waals surface area contributed by atoms with E-state index in [0.717, 1.165) is 0 Å². The number of ketones is 1. The van der Waals surface area contributed by atoms with Gasteiger partial charge in [-0.05, 0) is 36.4 Å². The fourth-order valence-electron chi connectivity index (χ4n) is 1.77. The summed E-state index contributed by atoms with van der Waals surface area (Å²) in [5.41, 5.74) is 0.793. The van der Waals surface area contributed by atoms with Gasteiger partial charge in [-0.3, -0.25) is 9.59 Å². The number of rotatable bonds is 4. The Morgan fingerprint density at radius 2 is 1.85 bits per heavy atom. The number of amides is 1. The molecule has 0 spiro atoms. The van der Waals surface area contributed by atoms with E-state index in [4.69, 9.17) is 11.6 Å². The number of halogens is 2. The summed E-state index contributed by atoms with van der Waals surface area (Å²) in [6, 6.07) is 10.4. The summed E-state index contributed by atoms with van der Waals surface area (Å²) >= 11 is 5.86. The molecule has 0 unspecified atom stereocenters. The molecule has 0 aromatic heterocycles. The Balaban J connectivity index is 2.37. The molecule has 0 aliphatic heterocycles. The van der Waals surface area contributed by atoms with Gasteiger partial charge in [-0.1, -0.05) is 17.7 Å². The monoisotopic (exact) mass is 291 g/mol. The van der Waals surface area contributed by atoms with Crippen LogP contribution in [-0.2, 0) is 4.79 Å². The van der Waals surface area contributed by atoms with Crippen molar-refractivity contribution in [3.05, 3.63) is 64.4 Å². The molecule has 0 radical (unpaired) electrons. The minimum atomic E-state index is -0.656. The van der Waals surface area contributed by atoms with Gasteiger partial charge in [0.2, 0.25) is 6.41 Å². The van der Waals surface area contributed by atoms with Crippen molar-refractivity contribution in [2.75, 3.05) is 11.9 Å². The van der Waals surface area contributed by atoms with Crippen molar-refractivity contribution in [2.24, 2.45) is 0 Å². The topological polar surface area (TPSA) is 37.4 Å². The Morgan fingerprint density at radius 1 is 1.20 bits per heavy atom. The molecule has 102 valence electrons. The third-order valence-corrected chi connectivity index (χ3v) is 3.20. The van der Waals surface area contributed by atoms with Crippen LogP contribution >= 0.6 is 11.6 Å². The predicted octanol–water partition coefficient (Wildman–Crippen LogP) is 3.30. The molecule has 0 aliphatic rings. The highest BCUT2D eigenvalue weighted by atomic mass is 35.5. The van der Waals surface area contributed by atoms with Gasteiger partial charge < -0.3 is 4.90 Å². The maximum absolute atomic E-state index is 13.7. The van der Waals surface area contributed by atoms with Gasteiger partial charge >= 0.3 is 0 Å². The number of hydrogen-bond donors (Lipinski definition) is 0. The van der Waals surface area contributed by atoms with Gasteiger partial charge in [0.15, 0.2) is 5.78 Å². The molecule has 0 fully saturated rings. The molecule has 2 rings (SSSR count). The van der Waals surface area contributed by atoms with E-state index in [0.29, 0.717) is 17.7 Å². The van der Waals surface area contributed by atoms with Crippen LogP contribution in [0.25, 0.3) is 0 Å². The third kappa shape index (κ3) is 2.70. The van der Waals surface area contributed by atoms with E-state index >= 15 is 0 Å². The average molecular weight is 292 g/mol. The van der Waals surface area contributed by atoms with Crippen LogP contribution in [-0.4, -0.2) is 19.2 Å². The van der Waals surface area contributed by atoms with E-state index in [9.17, 15) is 14.0 Å². The second-order valence-electron chi connectivity index (χ2n) is 4.19. The largest absolute Gasteiger partial charge is 0.318 e. The van der Waals surface area contributed by atoms with Crippen LogP contribution in [0.3, 0.4) is 0 Å². The maximum atomic E-state index is 13.7. The van der Waals surface area contributed by atoms with Crippen LogP contribution in [0.1, 0.15) is 15.9 Å². The van der Waals surface area contributed by atoms with Crippen molar-refractivity contribution >= 4 is 29.5 Å². The molecule has 2 aromatic rings. The molecule has 3 nitrogen and oxygen atoms in total. The van der Waals surface area contributed by atoms with Gasteiger partial charge in [0.25, 0.3) is 0 Å². The second kappa shape index (κ2) is 5.84.